The van der Waals surface area contributed by atoms with Crippen molar-refractivity contribution in [1.82, 2.24) is 5.32 Å². The van der Waals surface area contributed by atoms with E-state index >= 15 is 0 Å². The number of alkyl halides is 1. The summed E-state index contributed by atoms with van der Waals surface area (Å²) in [5.41, 5.74) is 0. The van der Waals surface area contributed by atoms with Crippen molar-refractivity contribution < 1.29 is 9.53 Å². The zero-order valence-corrected chi connectivity index (χ0v) is 10.9. The molecule has 0 aromatic carbocycles. The molecule has 3 unspecified atom stereocenters. The summed E-state index contributed by atoms with van der Waals surface area (Å²) in [5.74, 6) is 1.00. The minimum atomic E-state index is 0.111. The second kappa shape index (κ2) is 7.13. The number of ether oxygens (including phenoxy) is 1. The Morgan fingerprint density at radius 3 is 2.88 bits per heavy atom. The van der Waals surface area contributed by atoms with Gasteiger partial charge in [0.1, 0.15) is 0 Å². The molecule has 1 amide bonds. The average Bonchev–Trinajstić information content (AvgIpc) is 2.78. The number of amides is 1. The summed E-state index contributed by atoms with van der Waals surface area (Å²) >= 11 is 5.74. The summed E-state index contributed by atoms with van der Waals surface area (Å²) in [7, 11) is 0. The van der Waals surface area contributed by atoms with Gasteiger partial charge in [-0.25, -0.2) is 0 Å². The highest BCUT2D eigenvalue weighted by Crippen LogP contribution is 2.16. The van der Waals surface area contributed by atoms with Crippen molar-refractivity contribution in [3.63, 3.8) is 0 Å². The van der Waals surface area contributed by atoms with E-state index < -0.39 is 0 Å². The molecular weight excluding hydrogens is 226 g/mol. The standard InChI is InChI=1S/C12H22ClNO2/c1-9(8-13)10(2)14-12(15)6-5-11-4-3-7-16-11/h9-11H,3-8H2,1-2H3,(H,14,15). The lowest BCUT2D eigenvalue weighted by molar-refractivity contribution is -0.122. The molecule has 0 aromatic heterocycles. The summed E-state index contributed by atoms with van der Waals surface area (Å²) in [6, 6.07) is 0.148. The Balaban J connectivity index is 2.14. The Morgan fingerprint density at radius 1 is 1.56 bits per heavy atom. The zero-order valence-electron chi connectivity index (χ0n) is 10.2. The molecule has 4 heteroatoms. The highest BCUT2D eigenvalue weighted by atomic mass is 35.5. The highest BCUT2D eigenvalue weighted by Gasteiger charge is 2.18. The molecule has 0 aliphatic carbocycles. The molecule has 1 aliphatic rings. The fraction of sp³-hybridized carbons (Fsp3) is 0.917. The molecule has 0 radical (unpaired) electrons. The number of carbonyl (C=O) groups excluding carboxylic acids is 1. The van der Waals surface area contributed by atoms with Crippen LogP contribution in [0.1, 0.15) is 39.5 Å². The fourth-order valence-corrected chi connectivity index (χ4v) is 2.03. The summed E-state index contributed by atoms with van der Waals surface area (Å²) in [4.78, 5) is 11.6. The normalized spacial score (nSPS) is 24.1. The summed E-state index contributed by atoms with van der Waals surface area (Å²) in [6.07, 6.45) is 3.93. The van der Waals surface area contributed by atoms with Crippen LogP contribution in [0.4, 0.5) is 0 Å². The molecule has 1 saturated heterocycles. The number of halogens is 1. The first-order chi connectivity index (χ1) is 7.63. The van der Waals surface area contributed by atoms with Crippen LogP contribution in [0.5, 0.6) is 0 Å². The molecule has 0 aromatic rings. The van der Waals surface area contributed by atoms with E-state index in [2.05, 4.69) is 5.32 Å². The molecule has 1 aliphatic heterocycles. The van der Waals surface area contributed by atoms with Crippen molar-refractivity contribution in [2.24, 2.45) is 5.92 Å². The maximum absolute atomic E-state index is 11.6. The third-order valence-electron chi connectivity index (χ3n) is 3.20. The van der Waals surface area contributed by atoms with Gasteiger partial charge in [0, 0.05) is 24.9 Å². The second-order valence-electron chi connectivity index (χ2n) is 4.66. The van der Waals surface area contributed by atoms with Crippen LogP contribution in [-0.4, -0.2) is 30.5 Å². The van der Waals surface area contributed by atoms with Gasteiger partial charge in [-0.3, -0.25) is 4.79 Å². The van der Waals surface area contributed by atoms with E-state index in [1.54, 1.807) is 0 Å². The first kappa shape index (κ1) is 13.8. The van der Waals surface area contributed by atoms with Gasteiger partial charge >= 0.3 is 0 Å². The van der Waals surface area contributed by atoms with Crippen LogP contribution in [0.25, 0.3) is 0 Å². The molecule has 1 heterocycles. The maximum Gasteiger partial charge on any atom is 0.220 e. The topological polar surface area (TPSA) is 38.3 Å². The molecule has 0 saturated carbocycles. The predicted octanol–water partition coefficient (Wildman–Crippen LogP) is 2.33. The lowest BCUT2D eigenvalue weighted by Crippen LogP contribution is -2.37. The summed E-state index contributed by atoms with van der Waals surface area (Å²) in [5, 5.41) is 2.98. The number of carbonyl (C=O) groups is 1. The Hall–Kier alpha value is -0.280. The smallest absolute Gasteiger partial charge is 0.220 e. The van der Waals surface area contributed by atoms with Gasteiger partial charge in [0.2, 0.25) is 5.91 Å². The van der Waals surface area contributed by atoms with Gasteiger partial charge in [0.05, 0.1) is 6.10 Å². The van der Waals surface area contributed by atoms with Crippen LogP contribution in [-0.2, 0) is 9.53 Å². The monoisotopic (exact) mass is 247 g/mol. The van der Waals surface area contributed by atoms with Crippen LogP contribution in [0, 0.1) is 5.92 Å². The molecule has 0 bridgehead atoms. The number of nitrogens with one attached hydrogen (secondary N) is 1. The van der Waals surface area contributed by atoms with Crippen LogP contribution in [0.3, 0.4) is 0 Å². The van der Waals surface area contributed by atoms with E-state index in [0.717, 1.165) is 25.9 Å². The van der Waals surface area contributed by atoms with E-state index in [1.165, 1.54) is 0 Å². The molecular formula is C12H22ClNO2. The van der Waals surface area contributed by atoms with Crippen LogP contribution < -0.4 is 5.32 Å². The van der Waals surface area contributed by atoms with E-state index in [0.29, 0.717) is 24.3 Å². The molecule has 16 heavy (non-hydrogen) atoms. The molecule has 1 N–H and O–H groups in total. The third-order valence-corrected chi connectivity index (χ3v) is 3.69. The van der Waals surface area contributed by atoms with Crippen molar-refractivity contribution in [2.45, 2.75) is 51.7 Å². The highest BCUT2D eigenvalue weighted by molar-refractivity contribution is 6.18. The minimum absolute atomic E-state index is 0.111. The van der Waals surface area contributed by atoms with Gasteiger partial charge in [0.15, 0.2) is 0 Å². The largest absolute Gasteiger partial charge is 0.378 e. The first-order valence-corrected chi connectivity index (χ1v) is 6.64. The molecule has 1 fully saturated rings. The molecule has 3 atom stereocenters. The summed E-state index contributed by atoms with van der Waals surface area (Å²) < 4.78 is 5.48. The van der Waals surface area contributed by atoms with Gasteiger partial charge in [-0.2, -0.15) is 0 Å². The van der Waals surface area contributed by atoms with Gasteiger partial charge in [-0.15, -0.1) is 11.6 Å². The van der Waals surface area contributed by atoms with E-state index in [4.69, 9.17) is 16.3 Å². The first-order valence-electron chi connectivity index (χ1n) is 6.10. The Morgan fingerprint density at radius 2 is 2.31 bits per heavy atom. The van der Waals surface area contributed by atoms with Crippen molar-refractivity contribution in [3.8, 4) is 0 Å². The predicted molar refractivity (Wildman–Crippen MR) is 65.7 cm³/mol. The van der Waals surface area contributed by atoms with Crippen molar-refractivity contribution in [2.75, 3.05) is 12.5 Å². The van der Waals surface area contributed by atoms with Gasteiger partial charge in [-0.05, 0) is 32.1 Å². The van der Waals surface area contributed by atoms with Crippen molar-refractivity contribution in [1.29, 1.82) is 0 Å². The van der Waals surface area contributed by atoms with E-state index in [1.807, 2.05) is 13.8 Å². The minimum Gasteiger partial charge on any atom is -0.378 e. The molecule has 3 nitrogen and oxygen atoms in total. The molecule has 94 valence electrons. The van der Waals surface area contributed by atoms with Crippen LogP contribution in [0.15, 0.2) is 0 Å². The van der Waals surface area contributed by atoms with E-state index in [9.17, 15) is 4.79 Å². The van der Waals surface area contributed by atoms with E-state index in [-0.39, 0.29) is 11.9 Å². The van der Waals surface area contributed by atoms with Crippen LogP contribution >= 0.6 is 11.6 Å². The van der Waals surface area contributed by atoms with Gasteiger partial charge < -0.3 is 10.1 Å². The van der Waals surface area contributed by atoms with Crippen LogP contribution in [0.2, 0.25) is 0 Å². The van der Waals surface area contributed by atoms with Gasteiger partial charge in [-0.1, -0.05) is 6.92 Å². The average molecular weight is 248 g/mol. The molecule has 1 rings (SSSR count). The number of hydrogen-bond donors (Lipinski definition) is 1. The Kier molecular flexibility index (Phi) is 6.14. The lowest BCUT2D eigenvalue weighted by Gasteiger charge is -2.19. The van der Waals surface area contributed by atoms with Crippen molar-refractivity contribution in [3.05, 3.63) is 0 Å². The van der Waals surface area contributed by atoms with Crippen molar-refractivity contribution >= 4 is 17.5 Å². The lowest BCUT2D eigenvalue weighted by atomic mass is 10.1. The maximum atomic E-state index is 11.6. The summed E-state index contributed by atoms with van der Waals surface area (Å²) in [6.45, 7) is 4.89. The Labute approximate surface area is 103 Å². The second-order valence-corrected chi connectivity index (χ2v) is 4.97. The zero-order chi connectivity index (χ0) is 12.0. The Bertz CT molecular complexity index is 217. The SMILES string of the molecule is CC(CCl)C(C)NC(=O)CCC1CCCO1. The number of hydrogen-bond acceptors (Lipinski definition) is 2. The fourth-order valence-electron chi connectivity index (χ4n) is 1.77. The quantitative estimate of drug-likeness (QED) is 0.732. The number of rotatable bonds is 6. The van der Waals surface area contributed by atoms with Gasteiger partial charge in [0.25, 0.3) is 0 Å². The molecule has 0 spiro atoms. The third kappa shape index (κ3) is 4.71.